The number of H-pyrrole nitrogens is 1. The first-order chi connectivity index (χ1) is 13.0. The van der Waals surface area contributed by atoms with Gasteiger partial charge in [0, 0.05) is 25.8 Å². The molecule has 1 fully saturated rings. The molecule has 2 heterocycles. The Kier molecular flexibility index (Phi) is 6.28. The molecule has 0 saturated carbocycles. The van der Waals surface area contributed by atoms with E-state index >= 15 is 0 Å². The third-order valence-electron chi connectivity index (χ3n) is 4.84. The zero-order valence-corrected chi connectivity index (χ0v) is 16.3. The Hall–Kier alpha value is -2.19. The summed E-state index contributed by atoms with van der Waals surface area (Å²) in [5.74, 6) is -0.219. The molecule has 0 aliphatic carbocycles. The van der Waals surface area contributed by atoms with Crippen LogP contribution in [0.2, 0.25) is 0 Å². The van der Waals surface area contributed by atoms with E-state index in [1.807, 2.05) is 37.3 Å². The van der Waals surface area contributed by atoms with Crippen molar-refractivity contribution >= 4 is 15.9 Å². The number of benzene rings is 1. The lowest BCUT2D eigenvalue weighted by molar-refractivity contribution is -0.126. The summed E-state index contributed by atoms with van der Waals surface area (Å²) in [7, 11) is -3.25. The number of aromatic amines is 1. The lowest BCUT2D eigenvalue weighted by Gasteiger charge is -2.31. The fraction of sp³-hybridized carbons (Fsp3) is 0.474. The van der Waals surface area contributed by atoms with E-state index in [1.165, 1.54) is 4.31 Å². The summed E-state index contributed by atoms with van der Waals surface area (Å²) in [6.45, 7) is 3.08. The first-order valence-electron chi connectivity index (χ1n) is 9.34. The molecule has 1 aliphatic heterocycles. The molecule has 1 amide bonds. The summed E-state index contributed by atoms with van der Waals surface area (Å²) in [5, 5.41) is 9.80. The number of nitrogens with zero attached hydrogens (tertiary/aromatic N) is 2. The highest BCUT2D eigenvalue weighted by molar-refractivity contribution is 7.89. The van der Waals surface area contributed by atoms with E-state index in [2.05, 4.69) is 15.5 Å². The number of rotatable bonds is 7. The third kappa shape index (κ3) is 4.95. The van der Waals surface area contributed by atoms with Gasteiger partial charge in [-0.15, -0.1) is 0 Å². The summed E-state index contributed by atoms with van der Waals surface area (Å²) >= 11 is 0. The summed E-state index contributed by atoms with van der Waals surface area (Å²) in [6, 6.07) is 9.80. The second kappa shape index (κ2) is 8.67. The van der Waals surface area contributed by atoms with Gasteiger partial charge in [-0.05, 0) is 36.5 Å². The van der Waals surface area contributed by atoms with Gasteiger partial charge < -0.3 is 5.32 Å². The largest absolute Gasteiger partial charge is 0.352 e. The van der Waals surface area contributed by atoms with Crippen molar-refractivity contribution < 1.29 is 13.2 Å². The zero-order valence-electron chi connectivity index (χ0n) is 15.5. The summed E-state index contributed by atoms with van der Waals surface area (Å²) in [4.78, 5) is 12.5. The predicted molar refractivity (Wildman–Crippen MR) is 104 cm³/mol. The van der Waals surface area contributed by atoms with Crippen molar-refractivity contribution in [2.24, 2.45) is 5.92 Å². The minimum absolute atomic E-state index is 0.0796. The number of amides is 1. The molecule has 8 heteroatoms. The quantitative estimate of drug-likeness (QED) is 0.757. The van der Waals surface area contributed by atoms with Crippen molar-refractivity contribution in [2.75, 3.05) is 18.8 Å². The normalized spacial score (nSPS) is 18.3. The van der Waals surface area contributed by atoms with E-state index in [0.717, 1.165) is 29.7 Å². The molecule has 0 bridgehead atoms. The molecule has 7 nitrogen and oxygen atoms in total. The van der Waals surface area contributed by atoms with Gasteiger partial charge in [0.1, 0.15) is 0 Å². The van der Waals surface area contributed by atoms with E-state index < -0.39 is 10.0 Å². The van der Waals surface area contributed by atoms with Crippen LogP contribution in [0.4, 0.5) is 0 Å². The van der Waals surface area contributed by atoms with Crippen molar-refractivity contribution in [2.45, 2.75) is 32.7 Å². The van der Waals surface area contributed by atoms with Gasteiger partial charge >= 0.3 is 0 Å². The van der Waals surface area contributed by atoms with Crippen LogP contribution in [0.1, 0.15) is 31.7 Å². The maximum atomic E-state index is 12.5. The SMILES string of the molecule is CCCS(=O)(=O)N1CCCC(C(=O)NCc2ccc(-c3ccn[nH]3)cc2)C1. The van der Waals surface area contributed by atoms with Crippen LogP contribution in [0.25, 0.3) is 11.3 Å². The fourth-order valence-electron chi connectivity index (χ4n) is 3.35. The number of aromatic nitrogens is 2. The molecular formula is C19H26N4O3S. The highest BCUT2D eigenvalue weighted by Gasteiger charge is 2.31. The number of carbonyl (C=O) groups is 1. The third-order valence-corrected chi connectivity index (χ3v) is 6.89. The number of carbonyl (C=O) groups excluding carboxylic acids is 1. The molecule has 0 radical (unpaired) electrons. The fourth-order valence-corrected chi connectivity index (χ4v) is 4.94. The molecule has 1 aromatic heterocycles. The van der Waals surface area contributed by atoms with Crippen LogP contribution >= 0.6 is 0 Å². The van der Waals surface area contributed by atoms with Crippen LogP contribution in [0, 0.1) is 5.92 Å². The Labute approximate surface area is 160 Å². The molecule has 0 spiro atoms. The van der Waals surface area contributed by atoms with Gasteiger partial charge in [-0.3, -0.25) is 9.89 Å². The van der Waals surface area contributed by atoms with Gasteiger partial charge in [-0.25, -0.2) is 12.7 Å². The average molecular weight is 391 g/mol. The van der Waals surface area contributed by atoms with Crippen molar-refractivity contribution in [3.05, 3.63) is 42.1 Å². The Bertz CT molecular complexity index is 848. The van der Waals surface area contributed by atoms with Crippen LogP contribution < -0.4 is 5.32 Å². The molecule has 1 atom stereocenters. The number of hydrogen-bond donors (Lipinski definition) is 2. The van der Waals surface area contributed by atoms with E-state index in [1.54, 1.807) is 6.20 Å². The molecule has 27 heavy (non-hydrogen) atoms. The van der Waals surface area contributed by atoms with Crippen molar-refractivity contribution in [1.82, 2.24) is 19.8 Å². The summed E-state index contributed by atoms with van der Waals surface area (Å²) in [5.41, 5.74) is 2.98. The van der Waals surface area contributed by atoms with Crippen LogP contribution in [-0.4, -0.2) is 47.7 Å². The van der Waals surface area contributed by atoms with Crippen LogP contribution in [0.5, 0.6) is 0 Å². The highest BCUT2D eigenvalue weighted by atomic mass is 32.2. The number of piperidine rings is 1. The minimum Gasteiger partial charge on any atom is -0.352 e. The van der Waals surface area contributed by atoms with E-state index in [0.29, 0.717) is 19.5 Å². The van der Waals surface area contributed by atoms with Gasteiger partial charge in [0.15, 0.2) is 0 Å². The van der Waals surface area contributed by atoms with Crippen LogP contribution in [0.15, 0.2) is 36.5 Å². The summed E-state index contributed by atoms with van der Waals surface area (Å²) in [6.07, 6.45) is 3.74. The molecule has 2 N–H and O–H groups in total. The van der Waals surface area contributed by atoms with Crippen LogP contribution in [0.3, 0.4) is 0 Å². The molecule has 2 aromatic rings. The zero-order chi connectivity index (χ0) is 19.3. The molecule has 146 valence electrons. The molecule has 3 rings (SSSR count). The van der Waals surface area contributed by atoms with Gasteiger partial charge in [0.2, 0.25) is 15.9 Å². The minimum atomic E-state index is -3.25. The number of nitrogens with one attached hydrogen (secondary N) is 2. The summed E-state index contributed by atoms with van der Waals surface area (Å²) < 4.78 is 26.0. The van der Waals surface area contributed by atoms with Crippen molar-refractivity contribution in [1.29, 1.82) is 0 Å². The van der Waals surface area contributed by atoms with E-state index in [9.17, 15) is 13.2 Å². The molecule has 1 aliphatic rings. The highest BCUT2D eigenvalue weighted by Crippen LogP contribution is 2.21. The molecule has 1 aromatic carbocycles. The Balaban J connectivity index is 1.54. The Morgan fingerprint density at radius 1 is 1.30 bits per heavy atom. The Morgan fingerprint density at radius 3 is 2.74 bits per heavy atom. The second-order valence-electron chi connectivity index (χ2n) is 6.90. The number of sulfonamides is 1. The van der Waals surface area contributed by atoms with Gasteiger partial charge in [-0.2, -0.15) is 5.10 Å². The molecule has 1 unspecified atom stereocenters. The first kappa shape index (κ1) is 19.6. The monoisotopic (exact) mass is 390 g/mol. The van der Waals surface area contributed by atoms with Crippen molar-refractivity contribution in [3.8, 4) is 11.3 Å². The lowest BCUT2D eigenvalue weighted by Crippen LogP contribution is -2.45. The average Bonchev–Trinajstić information content (AvgIpc) is 3.21. The maximum Gasteiger partial charge on any atom is 0.224 e. The second-order valence-corrected chi connectivity index (χ2v) is 8.99. The van der Waals surface area contributed by atoms with Gasteiger partial charge in [0.25, 0.3) is 0 Å². The van der Waals surface area contributed by atoms with E-state index in [4.69, 9.17) is 0 Å². The van der Waals surface area contributed by atoms with Gasteiger partial charge in [0.05, 0.1) is 17.4 Å². The van der Waals surface area contributed by atoms with Gasteiger partial charge in [-0.1, -0.05) is 31.2 Å². The predicted octanol–water partition coefficient (Wildman–Crippen LogP) is 2.14. The smallest absolute Gasteiger partial charge is 0.224 e. The Morgan fingerprint density at radius 2 is 2.07 bits per heavy atom. The van der Waals surface area contributed by atoms with Crippen molar-refractivity contribution in [3.63, 3.8) is 0 Å². The van der Waals surface area contributed by atoms with E-state index in [-0.39, 0.29) is 24.1 Å². The number of hydrogen-bond acceptors (Lipinski definition) is 4. The maximum absolute atomic E-state index is 12.5. The van der Waals surface area contributed by atoms with Crippen LogP contribution in [-0.2, 0) is 21.4 Å². The first-order valence-corrected chi connectivity index (χ1v) is 10.9. The topological polar surface area (TPSA) is 95.2 Å². The molecule has 1 saturated heterocycles. The standard InChI is InChI=1S/C19H26N4O3S/c1-2-12-27(25,26)23-11-3-4-17(14-23)19(24)20-13-15-5-7-16(8-6-15)18-9-10-21-22-18/h5-10,17H,2-4,11-14H2,1H3,(H,20,24)(H,21,22). The lowest BCUT2D eigenvalue weighted by atomic mass is 9.98. The molecular weight excluding hydrogens is 364 g/mol.